The highest BCUT2D eigenvalue weighted by molar-refractivity contribution is 7.99. The average Bonchev–Trinajstić information content (AvgIpc) is 3.21. The van der Waals surface area contributed by atoms with Crippen LogP contribution in [0.2, 0.25) is 0 Å². The van der Waals surface area contributed by atoms with Crippen molar-refractivity contribution in [2.45, 2.75) is 16.3 Å². The molecular weight excluding hydrogens is 370 g/mol. The number of benzene rings is 3. The highest BCUT2D eigenvalue weighted by Crippen LogP contribution is 2.47. The fourth-order valence-corrected chi connectivity index (χ4v) is 4.24. The van der Waals surface area contributed by atoms with Crippen LogP contribution in [0, 0.1) is 0 Å². The summed E-state index contributed by atoms with van der Waals surface area (Å²) in [5, 5.41) is 12.5. The molecule has 6 nitrogen and oxygen atoms in total. The third-order valence-electron chi connectivity index (χ3n) is 4.44. The van der Waals surface area contributed by atoms with Gasteiger partial charge in [0.1, 0.15) is 6.54 Å². The standard InChI is InChI=1S/C21H15N5OS/c27-20(14-25-23-21(22-24-25)15-8-2-1-3-9-15)26-16-10-4-6-12-18(16)28-19-13-7-5-11-17(19)26/h1-13H,14H2. The number of amides is 1. The van der Waals surface area contributed by atoms with Gasteiger partial charge in [-0.25, -0.2) is 0 Å². The van der Waals surface area contributed by atoms with Crippen molar-refractivity contribution < 1.29 is 4.79 Å². The van der Waals surface area contributed by atoms with Gasteiger partial charge in [0, 0.05) is 15.4 Å². The molecule has 0 spiro atoms. The van der Waals surface area contributed by atoms with Gasteiger partial charge in [-0.3, -0.25) is 9.69 Å². The van der Waals surface area contributed by atoms with E-state index in [2.05, 4.69) is 15.4 Å². The monoisotopic (exact) mass is 385 g/mol. The summed E-state index contributed by atoms with van der Waals surface area (Å²) in [4.78, 5) is 18.4. The molecule has 28 heavy (non-hydrogen) atoms. The third-order valence-corrected chi connectivity index (χ3v) is 5.57. The van der Waals surface area contributed by atoms with Crippen LogP contribution in [0.5, 0.6) is 0 Å². The van der Waals surface area contributed by atoms with Crippen LogP contribution >= 0.6 is 11.8 Å². The molecule has 3 aromatic carbocycles. The summed E-state index contributed by atoms with van der Waals surface area (Å²) in [7, 11) is 0. The van der Waals surface area contributed by atoms with Gasteiger partial charge in [0.25, 0.3) is 5.91 Å². The first-order valence-corrected chi connectivity index (χ1v) is 9.63. The Bertz CT molecular complexity index is 1110. The molecule has 0 atom stereocenters. The van der Waals surface area contributed by atoms with E-state index in [1.807, 2.05) is 78.9 Å². The second-order valence-corrected chi connectivity index (χ2v) is 7.36. The molecule has 136 valence electrons. The van der Waals surface area contributed by atoms with Crippen LogP contribution in [0.1, 0.15) is 0 Å². The van der Waals surface area contributed by atoms with Gasteiger partial charge in [-0.2, -0.15) is 4.80 Å². The molecule has 1 aliphatic heterocycles. The predicted octanol–water partition coefficient (Wildman–Crippen LogP) is 4.17. The molecule has 0 bridgehead atoms. The SMILES string of the molecule is O=C(Cn1nnc(-c2ccccc2)n1)N1c2ccccc2Sc2ccccc21. The topological polar surface area (TPSA) is 63.9 Å². The lowest BCUT2D eigenvalue weighted by Gasteiger charge is -2.30. The molecule has 0 radical (unpaired) electrons. The van der Waals surface area contributed by atoms with Crippen molar-refractivity contribution >= 4 is 29.0 Å². The minimum absolute atomic E-state index is 0.00711. The highest BCUT2D eigenvalue weighted by atomic mass is 32.2. The van der Waals surface area contributed by atoms with E-state index in [9.17, 15) is 4.79 Å². The van der Waals surface area contributed by atoms with Crippen molar-refractivity contribution in [1.82, 2.24) is 20.2 Å². The van der Waals surface area contributed by atoms with Crippen LogP contribution in [-0.2, 0) is 11.3 Å². The first-order chi connectivity index (χ1) is 13.8. The Morgan fingerprint density at radius 2 is 1.43 bits per heavy atom. The van der Waals surface area contributed by atoms with Crippen molar-refractivity contribution in [2.75, 3.05) is 4.90 Å². The van der Waals surface area contributed by atoms with Crippen LogP contribution in [0.25, 0.3) is 11.4 Å². The number of carbonyl (C=O) groups is 1. The van der Waals surface area contributed by atoms with Crippen LogP contribution < -0.4 is 4.90 Å². The van der Waals surface area contributed by atoms with E-state index in [-0.39, 0.29) is 12.5 Å². The number of anilines is 2. The van der Waals surface area contributed by atoms with Crippen LogP contribution in [0.3, 0.4) is 0 Å². The summed E-state index contributed by atoms with van der Waals surface area (Å²) in [6.45, 7) is 0.00711. The van der Waals surface area contributed by atoms with Crippen molar-refractivity contribution in [3.8, 4) is 11.4 Å². The Balaban J connectivity index is 1.47. The molecule has 0 fully saturated rings. The van der Waals surface area contributed by atoms with Crippen LogP contribution in [0.15, 0.2) is 88.7 Å². The molecule has 1 aromatic heterocycles. The molecule has 5 rings (SSSR count). The number of hydrogen-bond donors (Lipinski definition) is 0. The van der Waals surface area contributed by atoms with Gasteiger partial charge >= 0.3 is 0 Å². The van der Waals surface area contributed by atoms with Gasteiger partial charge < -0.3 is 0 Å². The summed E-state index contributed by atoms with van der Waals surface area (Å²) >= 11 is 1.67. The quantitative estimate of drug-likeness (QED) is 0.530. The Kier molecular flexibility index (Phi) is 4.14. The van der Waals surface area contributed by atoms with Crippen molar-refractivity contribution in [3.05, 3.63) is 78.9 Å². The smallest absolute Gasteiger partial charge is 0.255 e. The number of tetrazole rings is 1. The number of para-hydroxylation sites is 2. The molecule has 0 saturated carbocycles. The van der Waals surface area contributed by atoms with Gasteiger partial charge in [0.05, 0.1) is 11.4 Å². The number of hydrogen-bond acceptors (Lipinski definition) is 5. The van der Waals surface area contributed by atoms with E-state index in [4.69, 9.17) is 0 Å². The van der Waals surface area contributed by atoms with Gasteiger partial charge in [0.15, 0.2) is 0 Å². The largest absolute Gasteiger partial charge is 0.277 e. The molecular formula is C21H15N5OS. The first-order valence-electron chi connectivity index (χ1n) is 8.82. The lowest BCUT2D eigenvalue weighted by atomic mass is 10.2. The molecule has 7 heteroatoms. The third kappa shape index (κ3) is 2.95. The normalized spacial score (nSPS) is 12.4. The zero-order valence-electron chi connectivity index (χ0n) is 14.8. The van der Waals surface area contributed by atoms with E-state index in [1.54, 1.807) is 16.7 Å². The van der Waals surface area contributed by atoms with Crippen molar-refractivity contribution in [1.29, 1.82) is 0 Å². The summed E-state index contributed by atoms with van der Waals surface area (Å²) in [6, 6.07) is 25.4. The Hall–Kier alpha value is -3.45. The van der Waals surface area contributed by atoms with E-state index < -0.39 is 0 Å². The number of rotatable bonds is 3. The zero-order chi connectivity index (χ0) is 18.9. The van der Waals surface area contributed by atoms with Crippen LogP contribution in [0.4, 0.5) is 11.4 Å². The van der Waals surface area contributed by atoms with E-state index in [0.717, 1.165) is 26.7 Å². The van der Waals surface area contributed by atoms with E-state index in [0.29, 0.717) is 5.82 Å². The maximum atomic E-state index is 13.2. The maximum Gasteiger partial charge on any atom is 0.255 e. The summed E-state index contributed by atoms with van der Waals surface area (Å²) < 4.78 is 0. The Morgan fingerprint density at radius 1 is 0.821 bits per heavy atom. The minimum atomic E-state index is -0.114. The zero-order valence-corrected chi connectivity index (χ0v) is 15.6. The lowest BCUT2D eigenvalue weighted by molar-refractivity contribution is -0.118. The fraction of sp³-hybridized carbons (Fsp3) is 0.0476. The molecule has 4 aromatic rings. The van der Waals surface area contributed by atoms with E-state index >= 15 is 0 Å². The molecule has 0 saturated heterocycles. The van der Waals surface area contributed by atoms with Crippen molar-refractivity contribution in [2.24, 2.45) is 0 Å². The van der Waals surface area contributed by atoms with Crippen molar-refractivity contribution in [3.63, 3.8) is 0 Å². The summed E-state index contributed by atoms with van der Waals surface area (Å²) in [5.74, 6) is 0.389. The predicted molar refractivity (Wildman–Crippen MR) is 107 cm³/mol. The second kappa shape index (κ2) is 6.94. The molecule has 0 aliphatic carbocycles. The van der Waals surface area contributed by atoms with Gasteiger partial charge in [0.2, 0.25) is 5.82 Å². The lowest BCUT2D eigenvalue weighted by Crippen LogP contribution is -2.32. The molecule has 1 aliphatic rings. The van der Waals surface area contributed by atoms with Gasteiger partial charge in [-0.05, 0) is 29.5 Å². The minimum Gasteiger partial charge on any atom is -0.277 e. The van der Waals surface area contributed by atoms with E-state index in [1.165, 1.54) is 4.80 Å². The highest BCUT2D eigenvalue weighted by Gasteiger charge is 2.28. The number of aromatic nitrogens is 4. The number of nitrogens with zero attached hydrogens (tertiary/aromatic N) is 5. The Labute approximate surface area is 165 Å². The molecule has 0 unspecified atom stereocenters. The molecule has 1 amide bonds. The Morgan fingerprint density at radius 3 is 2.11 bits per heavy atom. The fourth-order valence-electron chi connectivity index (χ4n) is 3.18. The van der Waals surface area contributed by atoms with Gasteiger partial charge in [-0.15, -0.1) is 10.2 Å². The molecule has 0 N–H and O–H groups in total. The van der Waals surface area contributed by atoms with Crippen LogP contribution in [-0.4, -0.2) is 26.1 Å². The maximum absolute atomic E-state index is 13.2. The summed E-state index contributed by atoms with van der Waals surface area (Å²) in [6.07, 6.45) is 0. The first kappa shape index (κ1) is 16.7. The van der Waals surface area contributed by atoms with Gasteiger partial charge in [-0.1, -0.05) is 66.4 Å². The average molecular weight is 385 g/mol. The number of carbonyl (C=O) groups excluding carboxylic acids is 1. The second-order valence-electron chi connectivity index (χ2n) is 6.28. The summed E-state index contributed by atoms with van der Waals surface area (Å²) in [5.41, 5.74) is 2.62. The number of fused-ring (bicyclic) bond motifs is 2. The molecule has 2 heterocycles.